The molecule has 25 heavy (non-hydrogen) atoms. The molecule has 1 unspecified atom stereocenters. The Morgan fingerprint density at radius 2 is 2.04 bits per heavy atom. The smallest absolute Gasteiger partial charge is 0.0480 e. The van der Waals surface area contributed by atoms with Crippen LogP contribution in [0.1, 0.15) is 31.7 Å². The van der Waals surface area contributed by atoms with Crippen molar-refractivity contribution in [2.24, 2.45) is 5.92 Å². The van der Waals surface area contributed by atoms with E-state index in [2.05, 4.69) is 51.8 Å². The van der Waals surface area contributed by atoms with E-state index in [0.717, 1.165) is 45.1 Å². The molecule has 4 heteroatoms. The Balaban J connectivity index is 1.41. The average molecular weight is 341 g/mol. The zero-order valence-corrected chi connectivity index (χ0v) is 15.4. The summed E-state index contributed by atoms with van der Waals surface area (Å²) in [6.07, 6.45) is 5.90. The molecule has 136 valence electrons. The van der Waals surface area contributed by atoms with Gasteiger partial charge < -0.3 is 9.67 Å². The van der Waals surface area contributed by atoms with Crippen molar-refractivity contribution < 1.29 is 5.11 Å². The van der Waals surface area contributed by atoms with Crippen LogP contribution in [0, 0.1) is 5.92 Å². The van der Waals surface area contributed by atoms with E-state index >= 15 is 0 Å². The average Bonchev–Trinajstić information content (AvgIpc) is 3.34. The minimum absolute atomic E-state index is 0.302. The van der Waals surface area contributed by atoms with E-state index in [1.54, 1.807) is 0 Å². The molecule has 0 spiro atoms. The first-order valence-corrected chi connectivity index (χ1v) is 9.92. The molecule has 2 heterocycles. The lowest BCUT2D eigenvalue weighted by Crippen LogP contribution is -2.53. The summed E-state index contributed by atoms with van der Waals surface area (Å²) in [7, 11) is 0. The van der Waals surface area contributed by atoms with Gasteiger partial charge in [-0.15, -0.1) is 0 Å². The fourth-order valence-corrected chi connectivity index (χ4v) is 4.28. The molecule has 4 rings (SSSR count). The molecular formula is C21H31N3O. The van der Waals surface area contributed by atoms with Crippen molar-refractivity contribution in [3.05, 3.63) is 36.0 Å². The number of nitrogens with zero attached hydrogens (tertiary/aromatic N) is 3. The summed E-state index contributed by atoms with van der Waals surface area (Å²) in [4.78, 5) is 5.21. The highest BCUT2D eigenvalue weighted by Gasteiger charge is 2.31. The number of aliphatic hydroxyl groups excluding tert-OH is 1. The van der Waals surface area contributed by atoms with Crippen LogP contribution < -0.4 is 0 Å². The van der Waals surface area contributed by atoms with Crippen molar-refractivity contribution in [3.63, 3.8) is 0 Å². The van der Waals surface area contributed by atoms with E-state index in [9.17, 15) is 5.11 Å². The third kappa shape index (κ3) is 3.91. The fourth-order valence-electron chi connectivity index (χ4n) is 4.28. The minimum atomic E-state index is 0.302. The largest absolute Gasteiger partial charge is 0.396 e. The van der Waals surface area contributed by atoms with Crippen molar-refractivity contribution in [3.8, 4) is 0 Å². The number of hydrogen-bond donors (Lipinski definition) is 1. The molecule has 2 aliphatic rings. The van der Waals surface area contributed by atoms with Gasteiger partial charge in [-0.2, -0.15) is 0 Å². The SMILES string of the molecule is CCn1ccc2cc(CN3CCN(CC4CC4)C(CCO)C3)ccc21. The Hall–Kier alpha value is -1.36. The Morgan fingerprint density at radius 1 is 1.16 bits per heavy atom. The number of fused-ring (bicyclic) bond motifs is 1. The van der Waals surface area contributed by atoms with E-state index in [-0.39, 0.29) is 0 Å². The molecule has 1 saturated heterocycles. The number of hydrogen-bond acceptors (Lipinski definition) is 3. The second-order valence-electron chi connectivity index (χ2n) is 7.83. The Labute approximate surface area is 151 Å². The van der Waals surface area contributed by atoms with Crippen molar-refractivity contribution in [2.75, 3.05) is 32.8 Å². The van der Waals surface area contributed by atoms with Gasteiger partial charge >= 0.3 is 0 Å². The Bertz CT molecular complexity index is 706. The molecule has 0 amide bonds. The monoisotopic (exact) mass is 341 g/mol. The molecule has 1 saturated carbocycles. The van der Waals surface area contributed by atoms with Gasteiger partial charge in [-0.05, 0) is 61.3 Å². The predicted molar refractivity (Wildman–Crippen MR) is 103 cm³/mol. The molecule has 1 aliphatic heterocycles. The maximum Gasteiger partial charge on any atom is 0.0480 e. The molecule has 1 aliphatic carbocycles. The summed E-state index contributed by atoms with van der Waals surface area (Å²) in [5.74, 6) is 0.928. The van der Waals surface area contributed by atoms with E-state index in [1.807, 2.05) is 0 Å². The lowest BCUT2D eigenvalue weighted by molar-refractivity contribution is 0.0522. The van der Waals surface area contributed by atoms with Gasteiger partial charge in [-0.25, -0.2) is 0 Å². The van der Waals surface area contributed by atoms with Gasteiger partial charge in [-0.3, -0.25) is 9.80 Å². The van der Waals surface area contributed by atoms with E-state index in [1.165, 1.54) is 35.9 Å². The Morgan fingerprint density at radius 3 is 2.80 bits per heavy atom. The molecule has 0 radical (unpaired) electrons. The van der Waals surface area contributed by atoms with Gasteiger partial charge in [-0.1, -0.05) is 6.07 Å². The van der Waals surface area contributed by atoms with Crippen molar-refractivity contribution in [1.82, 2.24) is 14.4 Å². The lowest BCUT2D eigenvalue weighted by atomic mass is 10.1. The molecule has 1 aromatic carbocycles. The first-order valence-electron chi connectivity index (χ1n) is 9.92. The van der Waals surface area contributed by atoms with E-state index in [0.29, 0.717) is 12.6 Å². The first kappa shape index (κ1) is 17.1. The topological polar surface area (TPSA) is 31.6 Å². The van der Waals surface area contributed by atoms with Crippen LogP contribution in [0.2, 0.25) is 0 Å². The van der Waals surface area contributed by atoms with Crippen LogP contribution in [0.4, 0.5) is 0 Å². The summed E-state index contributed by atoms with van der Waals surface area (Å²) in [6.45, 7) is 9.15. The number of aliphatic hydroxyl groups is 1. The van der Waals surface area contributed by atoms with Crippen molar-refractivity contribution in [2.45, 2.75) is 45.3 Å². The number of benzene rings is 1. The highest BCUT2D eigenvalue weighted by atomic mass is 16.3. The second-order valence-corrected chi connectivity index (χ2v) is 7.83. The predicted octanol–water partition coefficient (Wildman–Crippen LogP) is 2.94. The van der Waals surface area contributed by atoms with Crippen molar-refractivity contribution >= 4 is 10.9 Å². The van der Waals surface area contributed by atoms with Gasteiger partial charge in [0.05, 0.1) is 0 Å². The summed E-state index contributed by atoms with van der Waals surface area (Å²) in [5, 5.41) is 10.8. The second kappa shape index (κ2) is 7.48. The third-order valence-electron chi connectivity index (χ3n) is 5.92. The third-order valence-corrected chi connectivity index (χ3v) is 5.92. The zero-order valence-electron chi connectivity index (χ0n) is 15.4. The summed E-state index contributed by atoms with van der Waals surface area (Å²) >= 11 is 0. The van der Waals surface area contributed by atoms with Crippen LogP contribution in [0.15, 0.2) is 30.5 Å². The standard InChI is InChI=1S/C21H31N3O/c1-2-23-9-7-19-13-18(5-6-21(19)23)14-22-10-11-24(15-17-3-4-17)20(16-22)8-12-25/h5-7,9,13,17,20,25H,2-4,8,10-12,14-16H2,1H3. The minimum Gasteiger partial charge on any atom is -0.396 e. The number of aromatic nitrogens is 1. The zero-order chi connectivity index (χ0) is 17.2. The van der Waals surface area contributed by atoms with E-state index < -0.39 is 0 Å². The molecule has 0 bridgehead atoms. The van der Waals surface area contributed by atoms with Gasteiger partial charge in [0.1, 0.15) is 0 Å². The van der Waals surface area contributed by atoms with Gasteiger partial charge in [0.25, 0.3) is 0 Å². The summed E-state index contributed by atoms with van der Waals surface area (Å²) in [6, 6.07) is 9.64. The maximum atomic E-state index is 9.46. The number of aryl methyl sites for hydroxylation is 1. The van der Waals surface area contributed by atoms with Crippen LogP contribution in [-0.2, 0) is 13.1 Å². The van der Waals surface area contributed by atoms with E-state index in [4.69, 9.17) is 0 Å². The quantitative estimate of drug-likeness (QED) is 0.840. The fraction of sp³-hybridized carbons (Fsp3) is 0.619. The Kier molecular flexibility index (Phi) is 5.11. The number of piperazine rings is 1. The molecule has 2 fully saturated rings. The van der Waals surface area contributed by atoms with Crippen LogP contribution in [0.5, 0.6) is 0 Å². The number of rotatable bonds is 7. The van der Waals surface area contributed by atoms with Gasteiger partial charge in [0, 0.05) is 63.6 Å². The molecule has 4 nitrogen and oxygen atoms in total. The first-order chi connectivity index (χ1) is 12.3. The van der Waals surface area contributed by atoms with Gasteiger partial charge in [0.15, 0.2) is 0 Å². The lowest BCUT2D eigenvalue weighted by Gasteiger charge is -2.41. The molecule has 1 N–H and O–H groups in total. The summed E-state index contributed by atoms with van der Waals surface area (Å²) in [5.41, 5.74) is 2.73. The molecule has 1 aromatic heterocycles. The van der Waals surface area contributed by atoms with Gasteiger partial charge in [0.2, 0.25) is 0 Å². The highest BCUT2D eigenvalue weighted by Crippen LogP contribution is 2.31. The van der Waals surface area contributed by atoms with Crippen LogP contribution in [0.25, 0.3) is 10.9 Å². The summed E-state index contributed by atoms with van der Waals surface area (Å²) < 4.78 is 2.30. The maximum absolute atomic E-state index is 9.46. The highest BCUT2D eigenvalue weighted by molar-refractivity contribution is 5.80. The normalized spacial score (nSPS) is 22.7. The van der Waals surface area contributed by atoms with Crippen LogP contribution in [0.3, 0.4) is 0 Å². The van der Waals surface area contributed by atoms with Crippen LogP contribution >= 0.6 is 0 Å². The molecular weight excluding hydrogens is 310 g/mol. The molecule has 1 atom stereocenters. The van der Waals surface area contributed by atoms with Crippen molar-refractivity contribution in [1.29, 1.82) is 0 Å². The molecule has 2 aromatic rings. The van der Waals surface area contributed by atoms with Crippen LogP contribution in [-0.4, -0.2) is 58.3 Å².